The van der Waals surface area contributed by atoms with Crippen LogP contribution in [0.5, 0.6) is 0 Å². The quantitative estimate of drug-likeness (QED) is 0.804. The second kappa shape index (κ2) is 3.35. The summed E-state index contributed by atoms with van der Waals surface area (Å²) in [4.78, 5) is 0. The molecule has 4 heteroatoms. The summed E-state index contributed by atoms with van der Waals surface area (Å²) in [5.41, 5.74) is 0. The molecule has 72 valence electrons. The van der Waals surface area contributed by atoms with E-state index in [0.29, 0.717) is 12.0 Å². The minimum Gasteiger partial charge on any atom is -0.311 e. The molecule has 0 amide bonds. The van der Waals surface area contributed by atoms with Gasteiger partial charge in [-0.2, -0.15) is 0 Å². The minimum atomic E-state index is 0.334. The number of hydrogen-bond acceptors (Lipinski definition) is 4. The average Bonchev–Trinajstić information content (AvgIpc) is 2.70. The molecule has 1 aliphatic carbocycles. The summed E-state index contributed by atoms with van der Waals surface area (Å²) in [6.45, 7) is 4.38. The molecule has 3 atom stereocenters. The van der Waals surface area contributed by atoms with Crippen molar-refractivity contribution >= 4 is 11.3 Å². The summed E-state index contributed by atoms with van der Waals surface area (Å²) in [6.07, 6.45) is 1.29. The average molecular weight is 197 g/mol. The topological polar surface area (TPSA) is 37.8 Å². The zero-order valence-corrected chi connectivity index (χ0v) is 9.06. The van der Waals surface area contributed by atoms with Crippen molar-refractivity contribution in [2.45, 2.75) is 32.2 Å². The third-order valence-corrected chi connectivity index (χ3v) is 3.92. The van der Waals surface area contributed by atoms with Gasteiger partial charge < -0.3 is 5.32 Å². The standard InChI is InChI=1S/C9H15N3S/c1-5-4-7(5)9-12-11-8(13-9)6(2)10-3/h5-7,10H,4H2,1-3H3. The number of aromatic nitrogens is 2. The lowest BCUT2D eigenvalue weighted by molar-refractivity contribution is 0.639. The Kier molecular flexibility index (Phi) is 2.34. The molecule has 3 unspecified atom stereocenters. The number of nitrogens with one attached hydrogen (secondary N) is 1. The van der Waals surface area contributed by atoms with Crippen molar-refractivity contribution in [3.8, 4) is 0 Å². The predicted octanol–water partition coefficient (Wildman–Crippen LogP) is 1.94. The number of nitrogens with zero attached hydrogens (tertiary/aromatic N) is 2. The number of hydrogen-bond donors (Lipinski definition) is 1. The van der Waals surface area contributed by atoms with Crippen LogP contribution in [0.3, 0.4) is 0 Å². The third-order valence-electron chi connectivity index (χ3n) is 2.69. The highest BCUT2D eigenvalue weighted by atomic mass is 32.1. The van der Waals surface area contributed by atoms with Crippen LogP contribution in [-0.4, -0.2) is 17.2 Å². The second-order valence-corrected chi connectivity index (χ2v) is 4.85. The fraction of sp³-hybridized carbons (Fsp3) is 0.778. The Morgan fingerprint density at radius 3 is 2.77 bits per heavy atom. The molecule has 1 aromatic rings. The van der Waals surface area contributed by atoms with Crippen LogP contribution < -0.4 is 5.32 Å². The largest absolute Gasteiger partial charge is 0.311 e. The van der Waals surface area contributed by atoms with Crippen molar-refractivity contribution in [2.24, 2.45) is 5.92 Å². The molecule has 1 N–H and O–H groups in total. The van der Waals surface area contributed by atoms with Crippen molar-refractivity contribution in [2.75, 3.05) is 7.05 Å². The molecule has 0 aromatic carbocycles. The van der Waals surface area contributed by atoms with E-state index in [2.05, 4.69) is 29.4 Å². The normalized spacial score (nSPS) is 28.8. The smallest absolute Gasteiger partial charge is 0.134 e. The molecular formula is C9H15N3S. The van der Waals surface area contributed by atoms with Crippen LogP contribution in [-0.2, 0) is 0 Å². The van der Waals surface area contributed by atoms with E-state index < -0.39 is 0 Å². The van der Waals surface area contributed by atoms with Crippen LogP contribution in [0.1, 0.15) is 42.2 Å². The Hall–Kier alpha value is -0.480. The van der Waals surface area contributed by atoms with Crippen LogP contribution in [0.15, 0.2) is 0 Å². The van der Waals surface area contributed by atoms with Gasteiger partial charge in [-0.25, -0.2) is 0 Å². The van der Waals surface area contributed by atoms with Crippen molar-refractivity contribution in [1.29, 1.82) is 0 Å². The summed E-state index contributed by atoms with van der Waals surface area (Å²) in [6, 6.07) is 0.334. The minimum absolute atomic E-state index is 0.334. The lowest BCUT2D eigenvalue weighted by Crippen LogP contribution is -2.11. The van der Waals surface area contributed by atoms with Gasteiger partial charge in [-0.15, -0.1) is 10.2 Å². The Bertz CT molecular complexity index is 278. The molecule has 1 fully saturated rings. The molecule has 1 heterocycles. The second-order valence-electron chi connectivity index (χ2n) is 3.81. The highest BCUT2D eigenvalue weighted by Crippen LogP contribution is 2.47. The highest BCUT2D eigenvalue weighted by molar-refractivity contribution is 7.11. The summed E-state index contributed by atoms with van der Waals surface area (Å²) >= 11 is 1.76. The van der Waals surface area contributed by atoms with Crippen LogP contribution in [0.25, 0.3) is 0 Å². The van der Waals surface area contributed by atoms with Gasteiger partial charge in [0, 0.05) is 5.92 Å². The molecule has 2 rings (SSSR count). The molecule has 1 aliphatic rings. The fourth-order valence-corrected chi connectivity index (χ4v) is 2.51. The van der Waals surface area contributed by atoms with Crippen LogP contribution >= 0.6 is 11.3 Å². The van der Waals surface area contributed by atoms with E-state index in [1.165, 1.54) is 11.4 Å². The molecule has 0 aliphatic heterocycles. The van der Waals surface area contributed by atoms with Crippen LogP contribution in [0.4, 0.5) is 0 Å². The van der Waals surface area contributed by atoms with E-state index >= 15 is 0 Å². The maximum absolute atomic E-state index is 4.23. The number of rotatable bonds is 3. The van der Waals surface area contributed by atoms with E-state index in [1.54, 1.807) is 11.3 Å². The van der Waals surface area contributed by atoms with Crippen LogP contribution in [0.2, 0.25) is 0 Å². The first kappa shape index (κ1) is 9.09. The third kappa shape index (κ3) is 1.74. The van der Waals surface area contributed by atoms with Crippen molar-refractivity contribution in [3.05, 3.63) is 10.0 Å². The van der Waals surface area contributed by atoms with Gasteiger partial charge in [-0.1, -0.05) is 18.3 Å². The summed E-state index contributed by atoms with van der Waals surface area (Å²) in [5.74, 6) is 1.53. The Balaban J connectivity index is 2.09. The predicted molar refractivity (Wildman–Crippen MR) is 53.9 cm³/mol. The van der Waals surface area contributed by atoms with Gasteiger partial charge in [-0.05, 0) is 26.3 Å². The maximum atomic E-state index is 4.23. The summed E-state index contributed by atoms with van der Waals surface area (Å²) in [5, 5.41) is 13.9. The Labute approximate surface area is 82.6 Å². The van der Waals surface area contributed by atoms with E-state index in [0.717, 1.165) is 10.9 Å². The first-order valence-corrected chi connectivity index (χ1v) is 5.54. The monoisotopic (exact) mass is 197 g/mol. The van der Waals surface area contributed by atoms with Gasteiger partial charge in [0.2, 0.25) is 0 Å². The van der Waals surface area contributed by atoms with Gasteiger partial charge >= 0.3 is 0 Å². The lowest BCUT2D eigenvalue weighted by atomic mass is 10.4. The first-order chi connectivity index (χ1) is 6.22. The molecule has 0 bridgehead atoms. The van der Waals surface area contributed by atoms with Gasteiger partial charge in [0.1, 0.15) is 10.0 Å². The van der Waals surface area contributed by atoms with Gasteiger partial charge in [0.25, 0.3) is 0 Å². The summed E-state index contributed by atoms with van der Waals surface area (Å²) < 4.78 is 0. The van der Waals surface area contributed by atoms with E-state index in [9.17, 15) is 0 Å². The van der Waals surface area contributed by atoms with Gasteiger partial charge in [0.05, 0.1) is 6.04 Å². The Morgan fingerprint density at radius 1 is 1.54 bits per heavy atom. The molecule has 0 radical (unpaired) electrons. The zero-order chi connectivity index (χ0) is 9.42. The zero-order valence-electron chi connectivity index (χ0n) is 8.24. The Morgan fingerprint density at radius 2 is 2.23 bits per heavy atom. The van der Waals surface area contributed by atoms with Crippen molar-refractivity contribution in [3.63, 3.8) is 0 Å². The lowest BCUT2D eigenvalue weighted by Gasteiger charge is -2.02. The van der Waals surface area contributed by atoms with E-state index in [1.807, 2.05) is 7.05 Å². The molecule has 1 aromatic heterocycles. The SMILES string of the molecule is CNC(C)c1nnc(C2CC2C)s1. The molecule has 13 heavy (non-hydrogen) atoms. The van der Waals surface area contributed by atoms with Crippen molar-refractivity contribution < 1.29 is 0 Å². The molecule has 1 saturated carbocycles. The molecular weight excluding hydrogens is 182 g/mol. The van der Waals surface area contributed by atoms with Gasteiger partial charge in [-0.3, -0.25) is 0 Å². The summed E-state index contributed by atoms with van der Waals surface area (Å²) in [7, 11) is 1.95. The molecule has 0 spiro atoms. The molecule has 0 saturated heterocycles. The maximum Gasteiger partial charge on any atom is 0.134 e. The van der Waals surface area contributed by atoms with Gasteiger partial charge in [0.15, 0.2) is 0 Å². The fourth-order valence-electron chi connectivity index (χ4n) is 1.36. The first-order valence-electron chi connectivity index (χ1n) is 4.73. The van der Waals surface area contributed by atoms with E-state index in [4.69, 9.17) is 0 Å². The van der Waals surface area contributed by atoms with Crippen molar-refractivity contribution in [1.82, 2.24) is 15.5 Å². The van der Waals surface area contributed by atoms with Crippen LogP contribution in [0, 0.1) is 5.92 Å². The molecule has 3 nitrogen and oxygen atoms in total. The highest BCUT2D eigenvalue weighted by Gasteiger charge is 2.37. The van der Waals surface area contributed by atoms with E-state index in [-0.39, 0.29) is 0 Å².